The van der Waals surface area contributed by atoms with Crippen molar-refractivity contribution in [3.05, 3.63) is 70.3 Å². The van der Waals surface area contributed by atoms with E-state index in [9.17, 15) is 0 Å². The fraction of sp³-hybridized carbons (Fsp3) is 0.300. The van der Waals surface area contributed by atoms with Crippen LogP contribution in [0.5, 0.6) is 5.75 Å². The Balaban J connectivity index is 1.81. The first kappa shape index (κ1) is 17.4. The predicted octanol–water partition coefficient (Wildman–Crippen LogP) is 5.11. The van der Waals surface area contributed by atoms with Crippen molar-refractivity contribution in [1.29, 1.82) is 0 Å². The van der Waals surface area contributed by atoms with Crippen molar-refractivity contribution in [2.24, 2.45) is 0 Å². The maximum absolute atomic E-state index is 5.93. The van der Waals surface area contributed by atoms with E-state index in [-0.39, 0.29) is 5.41 Å². The third-order valence-corrected chi connectivity index (χ3v) is 4.46. The molecule has 1 heterocycles. The number of ether oxygens (including phenoxy) is 1. The zero-order chi connectivity index (χ0) is 18.0. The highest BCUT2D eigenvalue weighted by Gasteiger charge is 2.14. The molecule has 0 aliphatic carbocycles. The second kappa shape index (κ2) is 6.84. The van der Waals surface area contributed by atoms with Gasteiger partial charge in [0.1, 0.15) is 12.4 Å². The monoisotopic (exact) mass is 353 g/mol. The molecular weight excluding hydrogens is 330 g/mol. The van der Waals surface area contributed by atoms with Crippen LogP contribution in [0.4, 0.5) is 0 Å². The average molecular weight is 353 g/mol. The first-order valence-electron chi connectivity index (χ1n) is 8.32. The number of benzene rings is 2. The summed E-state index contributed by atoms with van der Waals surface area (Å²) >= 11 is 5.39. The summed E-state index contributed by atoms with van der Waals surface area (Å²) in [6.45, 7) is 8.99. The first-order chi connectivity index (χ1) is 11.9. The molecule has 0 atom stereocenters. The quantitative estimate of drug-likeness (QED) is 0.662. The van der Waals surface area contributed by atoms with Gasteiger partial charge >= 0.3 is 0 Å². The first-order valence-corrected chi connectivity index (χ1v) is 8.73. The molecule has 0 radical (unpaired) electrons. The standard InChI is InChI=1S/C20H23N3OS/c1-14-7-5-6-8-17(14)23-18(21-22-19(23)25)13-24-16-11-9-15(10-12-16)20(2,3)4/h5-12H,13H2,1-4H3,(H,22,25). The van der Waals surface area contributed by atoms with E-state index >= 15 is 0 Å². The molecule has 0 amide bonds. The molecule has 0 saturated carbocycles. The molecule has 0 aliphatic heterocycles. The van der Waals surface area contributed by atoms with Crippen molar-refractivity contribution < 1.29 is 4.74 Å². The third kappa shape index (κ3) is 3.82. The number of H-pyrrole nitrogens is 1. The molecule has 0 aliphatic rings. The SMILES string of the molecule is Cc1ccccc1-n1c(COc2ccc(C(C)(C)C)cc2)n[nH]c1=S. The van der Waals surface area contributed by atoms with Gasteiger partial charge in [0.2, 0.25) is 0 Å². The molecule has 130 valence electrons. The molecule has 0 unspecified atom stereocenters. The molecule has 1 aromatic heterocycles. The fourth-order valence-corrected chi connectivity index (χ4v) is 2.94. The second-order valence-electron chi connectivity index (χ2n) is 7.13. The minimum Gasteiger partial charge on any atom is -0.486 e. The summed E-state index contributed by atoms with van der Waals surface area (Å²) in [6.07, 6.45) is 0. The Labute approximate surface area is 153 Å². The van der Waals surface area contributed by atoms with Crippen LogP contribution in [0.15, 0.2) is 48.5 Å². The number of aromatic amines is 1. The van der Waals surface area contributed by atoms with Crippen molar-refractivity contribution in [3.63, 3.8) is 0 Å². The van der Waals surface area contributed by atoms with E-state index in [2.05, 4.69) is 56.1 Å². The number of para-hydroxylation sites is 1. The maximum atomic E-state index is 5.93. The van der Waals surface area contributed by atoms with E-state index < -0.39 is 0 Å². The number of aromatic nitrogens is 3. The fourth-order valence-electron chi connectivity index (χ4n) is 2.69. The number of rotatable bonds is 4. The van der Waals surface area contributed by atoms with Crippen LogP contribution < -0.4 is 4.74 Å². The van der Waals surface area contributed by atoms with E-state index in [1.54, 1.807) is 0 Å². The van der Waals surface area contributed by atoms with Crippen molar-refractivity contribution in [2.75, 3.05) is 0 Å². The van der Waals surface area contributed by atoms with Gasteiger partial charge in [0, 0.05) is 0 Å². The molecule has 0 bridgehead atoms. The van der Waals surface area contributed by atoms with Crippen molar-refractivity contribution in [1.82, 2.24) is 14.8 Å². The molecule has 4 nitrogen and oxygen atoms in total. The van der Waals surface area contributed by atoms with E-state index in [0.717, 1.165) is 22.8 Å². The third-order valence-electron chi connectivity index (χ3n) is 4.19. The van der Waals surface area contributed by atoms with Crippen molar-refractivity contribution >= 4 is 12.2 Å². The highest BCUT2D eigenvalue weighted by Crippen LogP contribution is 2.25. The molecule has 2 aromatic carbocycles. The molecule has 3 aromatic rings. The molecule has 0 spiro atoms. The number of hydrogen-bond acceptors (Lipinski definition) is 3. The van der Waals surface area contributed by atoms with Gasteiger partial charge in [-0.3, -0.25) is 9.67 Å². The van der Waals surface area contributed by atoms with Crippen LogP contribution >= 0.6 is 12.2 Å². The van der Waals surface area contributed by atoms with Gasteiger partial charge in [-0.15, -0.1) is 0 Å². The molecule has 3 rings (SSSR count). The lowest BCUT2D eigenvalue weighted by atomic mass is 9.87. The van der Waals surface area contributed by atoms with Gasteiger partial charge in [-0.25, -0.2) is 0 Å². The molecule has 0 fully saturated rings. The van der Waals surface area contributed by atoms with Gasteiger partial charge < -0.3 is 4.74 Å². The summed E-state index contributed by atoms with van der Waals surface area (Å²) in [4.78, 5) is 0. The molecule has 5 heteroatoms. The van der Waals surface area contributed by atoms with Crippen molar-refractivity contribution in [3.8, 4) is 11.4 Å². The predicted molar refractivity (Wildman–Crippen MR) is 103 cm³/mol. The Hall–Kier alpha value is -2.40. The van der Waals surface area contributed by atoms with E-state index in [0.29, 0.717) is 11.4 Å². The number of hydrogen-bond donors (Lipinski definition) is 1. The van der Waals surface area contributed by atoms with Crippen LogP contribution in [0.25, 0.3) is 5.69 Å². The summed E-state index contributed by atoms with van der Waals surface area (Å²) in [5.74, 6) is 1.57. The zero-order valence-electron chi connectivity index (χ0n) is 15.0. The van der Waals surface area contributed by atoms with Crippen LogP contribution in [0.3, 0.4) is 0 Å². The van der Waals surface area contributed by atoms with Gasteiger partial charge in [0.25, 0.3) is 0 Å². The minimum atomic E-state index is 0.131. The van der Waals surface area contributed by atoms with Crippen LogP contribution in [-0.4, -0.2) is 14.8 Å². The Kier molecular flexibility index (Phi) is 4.77. The zero-order valence-corrected chi connectivity index (χ0v) is 15.9. The smallest absolute Gasteiger partial charge is 0.199 e. The van der Waals surface area contributed by atoms with Crippen molar-refractivity contribution in [2.45, 2.75) is 39.7 Å². The Morgan fingerprint density at radius 2 is 1.76 bits per heavy atom. The van der Waals surface area contributed by atoms with Crippen LogP contribution in [0.2, 0.25) is 0 Å². The summed E-state index contributed by atoms with van der Waals surface area (Å²) in [5, 5.41) is 7.19. The topological polar surface area (TPSA) is 42.8 Å². The van der Waals surface area contributed by atoms with E-state index in [1.807, 2.05) is 34.9 Å². The Morgan fingerprint density at radius 3 is 2.40 bits per heavy atom. The molecule has 25 heavy (non-hydrogen) atoms. The normalized spacial score (nSPS) is 11.5. The lowest BCUT2D eigenvalue weighted by molar-refractivity contribution is 0.293. The minimum absolute atomic E-state index is 0.131. The second-order valence-corrected chi connectivity index (χ2v) is 7.52. The van der Waals surface area contributed by atoms with Gasteiger partial charge in [-0.05, 0) is 53.9 Å². The van der Waals surface area contributed by atoms with Crippen LogP contribution in [0.1, 0.15) is 37.7 Å². The lowest BCUT2D eigenvalue weighted by Gasteiger charge is -2.19. The Bertz CT molecular complexity index is 917. The van der Waals surface area contributed by atoms with E-state index in [1.165, 1.54) is 5.56 Å². The number of aryl methyl sites for hydroxylation is 1. The summed E-state index contributed by atoms with van der Waals surface area (Å²) < 4.78 is 8.42. The van der Waals surface area contributed by atoms with E-state index in [4.69, 9.17) is 17.0 Å². The number of nitrogens with one attached hydrogen (secondary N) is 1. The Morgan fingerprint density at radius 1 is 1.08 bits per heavy atom. The highest BCUT2D eigenvalue weighted by molar-refractivity contribution is 7.71. The van der Waals surface area contributed by atoms with Crippen LogP contribution in [-0.2, 0) is 12.0 Å². The molecular formula is C20H23N3OS. The van der Waals surface area contributed by atoms with Gasteiger partial charge in [0.15, 0.2) is 10.6 Å². The average Bonchev–Trinajstić information content (AvgIpc) is 2.94. The largest absolute Gasteiger partial charge is 0.486 e. The maximum Gasteiger partial charge on any atom is 0.199 e. The number of nitrogens with zero attached hydrogens (tertiary/aromatic N) is 2. The summed E-state index contributed by atoms with van der Waals surface area (Å²) in [5.41, 5.74) is 3.56. The molecule has 1 N–H and O–H groups in total. The van der Waals surface area contributed by atoms with Gasteiger partial charge in [0.05, 0.1) is 5.69 Å². The van der Waals surface area contributed by atoms with Gasteiger partial charge in [-0.1, -0.05) is 51.1 Å². The summed E-state index contributed by atoms with van der Waals surface area (Å²) in [7, 11) is 0. The highest BCUT2D eigenvalue weighted by atomic mass is 32.1. The van der Waals surface area contributed by atoms with Gasteiger partial charge in [-0.2, -0.15) is 5.10 Å². The molecule has 0 saturated heterocycles. The van der Waals surface area contributed by atoms with Crippen LogP contribution in [0, 0.1) is 11.7 Å². The summed E-state index contributed by atoms with van der Waals surface area (Å²) in [6, 6.07) is 16.3. The lowest BCUT2D eigenvalue weighted by Crippen LogP contribution is -2.11.